The summed E-state index contributed by atoms with van der Waals surface area (Å²) in [5, 5.41) is 0.454. The van der Waals surface area contributed by atoms with Crippen molar-refractivity contribution in [1.82, 2.24) is 9.97 Å². The molecule has 3 rings (SSSR count). The van der Waals surface area contributed by atoms with Crippen molar-refractivity contribution in [3.8, 4) is 17.0 Å². The Balaban J connectivity index is 1.88. The zero-order valence-corrected chi connectivity index (χ0v) is 19.1. The Morgan fingerprint density at radius 1 is 1.03 bits per heavy atom. The van der Waals surface area contributed by atoms with E-state index in [0.717, 1.165) is 0 Å². The molecule has 0 saturated carbocycles. The molecule has 32 heavy (non-hydrogen) atoms. The first-order valence-corrected chi connectivity index (χ1v) is 11.0. The van der Waals surface area contributed by atoms with E-state index in [1.165, 1.54) is 38.7 Å². The Bertz CT molecular complexity index is 1010. The summed E-state index contributed by atoms with van der Waals surface area (Å²) in [5.74, 6) is -1.12. The van der Waals surface area contributed by atoms with Crippen molar-refractivity contribution in [2.75, 3.05) is 5.75 Å². The van der Waals surface area contributed by atoms with Crippen LogP contribution in [0.5, 0.6) is 5.75 Å². The van der Waals surface area contributed by atoms with E-state index in [4.69, 9.17) is 30.5 Å². The van der Waals surface area contributed by atoms with Crippen LogP contribution in [0.1, 0.15) is 20.8 Å². The number of pyridine rings is 2. The summed E-state index contributed by atoms with van der Waals surface area (Å²) < 4.78 is 22.1. The molecule has 3 heterocycles. The number of ether oxygens (including phenoxy) is 4. The molecule has 0 N–H and O–H groups in total. The third-order valence-electron chi connectivity index (χ3n) is 4.30. The number of nitrogens with zero attached hydrogens (tertiary/aromatic N) is 2. The Kier molecular flexibility index (Phi) is 7.92. The maximum Gasteiger partial charge on any atom is 0.303 e. The lowest BCUT2D eigenvalue weighted by atomic mass is 10.1. The molecule has 0 unspecified atom stereocenters. The molecule has 0 spiro atoms. The van der Waals surface area contributed by atoms with Crippen molar-refractivity contribution in [2.24, 2.45) is 0 Å². The van der Waals surface area contributed by atoms with Gasteiger partial charge in [0.1, 0.15) is 5.75 Å². The summed E-state index contributed by atoms with van der Waals surface area (Å²) in [7, 11) is 0. The smallest absolute Gasteiger partial charge is 0.303 e. The molecule has 170 valence electrons. The molecular formula is C21H21ClN2O7S. The molecule has 0 aliphatic carbocycles. The summed E-state index contributed by atoms with van der Waals surface area (Å²) >= 11 is 7.48. The van der Waals surface area contributed by atoms with Crippen molar-refractivity contribution in [3.05, 3.63) is 41.8 Å². The van der Waals surface area contributed by atoms with Crippen LogP contribution >= 0.6 is 23.4 Å². The standard InChI is InChI=1S/C21H21ClN2O7S/c1-11(25)28-17-10-32-21(20(30-13(3)27)19(17)29-12(2)26)31-15-7-14(8-23-9-15)18-16(22)5-4-6-24-18/h4-9,17,19-21H,10H2,1-3H3/t17-,19+,20-,21-/m1/s1. The van der Waals surface area contributed by atoms with Gasteiger partial charge in [-0.05, 0) is 18.2 Å². The summed E-state index contributed by atoms with van der Waals surface area (Å²) in [6.45, 7) is 3.70. The van der Waals surface area contributed by atoms with Crippen LogP contribution in [0.4, 0.5) is 0 Å². The number of esters is 3. The molecule has 1 fully saturated rings. The molecule has 1 aliphatic heterocycles. The number of hydrogen-bond donors (Lipinski definition) is 0. The van der Waals surface area contributed by atoms with Gasteiger partial charge in [0.05, 0.1) is 16.9 Å². The lowest BCUT2D eigenvalue weighted by Gasteiger charge is -2.39. The van der Waals surface area contributed by atoms with E-state index >= 15 is 0 Å². The second-order valence-electron chi connectivity index (χ2n) is 6.86. The first kappa shape index (κ1) is 23.8. The Morgan fingerprint density at radius 2 is 1.72 bits per heavy atom. The molecule has 1 saturated heterocycles. The predicted molar refractivity (Wildman–Crippen MR) is 116 cm³/mol. The normalized spacial score (nSPS) is 22.5. The van der Waals surface area contributed by atoms with Gasteiger partial charge in [-0.2, -0.15) is 0 Å². The number of aromatic nitrogens is 2. The van der Waals surface area contributed by atoms with E-state index in [1.54, 1.807) is 30.6 Å². The van der Waals surface area contributed by atoms with Crippen LogP contribution in [0.25, 0.3) is 11.3 Å². The highest BCUT2D eigenvalue weighted by atomic mass is 35.5. The van der Waals surface area contributed by atoms with Crippen LogP contribution in [0.2, 0.25) is 5.02 Å². The fraction of sp³-hybridized carbons (Fsp3) is 0.381. The minimum Gasteiger partial charge on any atom is -0.474 e. The van der Waals surface area contributed by atoms with E-state index < -0.39 is 41.7 Å². The fourth-order valence-electron chi connectivity index (χ4n) is 3.15. The van der Waals surface area contributed by atoms with Gasteiger partial charge in [-0.3, -0.25) is 24.4 Å². The number of rotatable bonds is 6. The van der Waals surface area contributed by atoms with E-state index in [-0.39, 0.29) is 5.75 Å². The van der Waals surface area contributed by atoms with Crippen LogP contribution in [0, 0.1) is 0 Å². The van der Waals surface area contributed by atoms with Crippen LogP contribution < -0.4 is 4.74 Å². The van der Waals surface area contributed by atoms with Crippen molar-refractivity contribution in [2.45, 2.75) is 44.5 Å². The van der Waals surface area contributed by atoms with E-state index in [2.05, 4.69) is 9.97 Å². The van der Waals surface area contributed by atoms with Crippen LogP contribution in [-0.4, -0.2) is 57.4 Å². The van der Waals surface area contributed by atoms with Gasteiger partial charge in [-0.25, -0.2) is 0 Å². The highest BCUT2D eigenvalue weighted by Crippen LogP contribution is 2.35. The number of hydrogen-bond acceptors (Lipinski definition) is 10. The minimum atomic E-state index is -1.03. The summed E-state index contributed by atoms with van der Waals surface area (Å²) in [6, 6.07) is 5.13. The molecule has 0 aromatic carbocycles. The molecule has 9 nitrogen and oxygen atoms in total. The summed E-state index contributed by atoms with van der Waals surface area (Å²) in [6.07, 6.45) is 1.83. The van der Waals surface area contributed by atoms with Gasteiger partial charge in [-0.15, -0.1) is 11.8 Å². The summed E-state index contributed by atoms with van der Waals surface area (Å²) in [4.78, 5) is 43.4. The van der Waals surface area contributed by atoms with Crippen LogP contribution in [-0.2, 0) is 28.6 Å². The van der Waals surface area contributed by atoms with Gasteiger partial charge in [0, 0.05) is 44.5 Å². The van der Waals surface area contributed by atoms with Gasteiger partial charge in [0.25, 0.3) is 0 Å². The Labute approximate surface area is 193 Å². The third-order valence-corrected chi connectivity index (χ3v) is 5.82. The molecule has 11 heteroatoms. The second kappa shape index (κ2) is 10.6. The monoisotopic (exact) mass is 480 g/mol. The maximum atomic E-state index is 11.8. The molecule has 0 bridgehead atoms. The Morgan fingerprint density at radius 3 is 2.38 bits per heavy atom. The highest BCUT2D eigenvalue weighted by Gasteiger charge is 2.47. The van der Waals surface area contributed by atoms with Gasteiger partial charge in [0.2, 0.25) is 0 Å². The second-order valence-corrected chi connectivity index (χ2v) is 8.40. The zero-order valence-electron chi connectivity index (χ0n) is 17.5. The molecule has 1 aliphatic rings. The maximum absolute atomic E-state index is 11.8. The average molecular weight is 481 g/mol. The lowest BCUT2D eigenvalue weighted by molar-refractivity contribution is -0.186. The third kappa shape index (κ3) is 6.10. The summed E-state index contributed by atoms with van der Waals surface area (Å²) in [5.41, 5.74) is 0.409. The number of thioether (sulfide) groups is 1. The first-order valence-electron chi connectivity index (χ1n) is 9.60. The van der Waals surface area contributed by atoms with E-state index in [9.17, 15) is 14.4 Å². The molecule has 4 atom stereocenters. The van der Waals surface area contributed by atoms with Crippen molar-refractivity contribution >= 4 is 41.3 Å². The Hall–Kier alpha value is -2.85. The average Bonchev–Trinajstić information content (AvgIpc) is 2.72. The van der Waals surface area contributed by atoms with Gasteiger partial charge >= 0.3 is 17.9 Å². The van der Waals surface area contributed by atoms with Gasteiger partial charge in [0.15, 0.2) is 23.7 Å². The van der Waals surface area contributed by atoms with Crippen LogP contribution in [0.15, 0.2) is 36.8 Å². The SMILES string of the molecule is CC(=O)O[C@@H]1[C@@H](OC(C)=O)[C@H](OC(C)=O)CS[C@H]1Oc1cncc(-c2ncccc2Cl)c1. The lowest BCUT2D eigenvalue weighted by Crippen LogP contribution is -2.55. The molecular weight excluding hydrogens is 460 g/mol. The molecule has 2 aromatic heterocycles. The molecule has 0 radical (unpaired) electrons. The quantitative estimate of drug-likeness (QED) is 0.451. The number of halogens is 1. The van der Waals surface area contributed by atoms with Gasteiger partial charge < -0.3 is 18.9 Å². The highest BCUT2D eigenvalue weighted by molar-refractivity contribution is 7.99. The van der Waals surface area contributed by atoms with Crippen molar-refractivity contribution in [1.29, 1.82) is 0 Å². The number of carbonyl (C=O) groups is 3. The van der Waals surface area contributed by atoms with E-state index in [1.807, 2.05) is 0 Å². The topological polar surface area (TPSA) is 114 Å². The van der Waals surface area contributed by atoms with E-state index in [0.29, 0.717) is 22.0 Å². The molecule has 2 aromatic rings. The predicted octanol–water partition coefficient (Wildman–Crippen LogP) is 3.04. The van der Waals surface area contributed by atoms with Crippen LogP contribution in [0.3, 0.4) is 0 Å². The first-order chi connectivity index (χ1) is 15.2. The molecule has 0 amide bonds. The van der Waals surface area contributed by atoms with Crippen molar-refractivity contribution in [3.63, 3.8) is 0 Å². The zero-order chi connectivity index (χ0) is 23.3. The van der Waals surface area contributed by atoms with Crippen molar-refractivity contribution < 1.29 is 33.3 Å². The fourth-order valence-corrected chi connectivity index (χ4v) is 4.60. The van der Waals surface area contributed by atoms with Gasteiger partial charge in [-0.1, -0.05) is 11.6 Å². The number of carbonyl (C=O) groups excluding carboxylic acids is 3. The largest absolute Gasteiger partial charge is 0.474 e. The minimum absolute atomic E-state index is 0.263.